The molecule has 0 aromatic rings. The van der Waals surface area contributed by atoms with Crippen LogP contribution in [0.4, 0.5) is 0 Å². The molecule has 0 heterocycles. The Kier molecular flexibility index (Phi) is 6.28. The molecule has 1 aliphatic rings. The zero-order valence-electron chi connectivity index (χ0n) is 11.9. The number of ether oxygens (including phenoxy) is 1. The fraction of sp³-hybridized carbons (Fsp3) is 0.857. The minimum Gasteiger partial charge on any atom is -0.481 e. The standard InChI is InChI=1S/C14H25NO4/c1-3-9-19-10-7-12(16)15-11-6-4-5-8-14(11,2)13(17)18/h11H,3-10H2,1-2H3,(H,15,16)(H,17,18). The molecule has 0 saturated heterocycles. The highest BCUT2D eigenvalue weighted by atomic mass is 16.5. The van der Waals surface area contributed by atoms with E-state index >= 15 is 0 Å². The summed E-state index contributed by atoms with van der Waals surface area (Å²) in [5.74, 6) is -0.935. The van der Waals surface area contributed by atoms with Gasteiger partial charge in [-0.25, -0.2) is 0 Å². The molecule has 1 fully saturated rings. The van der Waals surface area contributed by atoms with E-state index in [4.69, 9.17) is 4.74 Å². The lowest BCUT2D eigenvalue weighted by atomic mass is 9.71. The molecule has 5 nitrogen and oxygen atoms in total. The third-order valence-electron chi connectivity index (χ3n) is 3.85. The van der Waals surface area contributed by atoms with E-state index in [1.165, 1.54) is 0 Å². The van der Waals surface area contributed by atoms with Crippen LogP contribution in [-0.4, -0.2) is 36.2 Å². The number of nitrogens with one attached hydrogen (secondary N) is 1. The molecule has 0 aromatic carbocycles. The van der Waals surface area contributed by atoms with Gasteiger partial charge in [-0.2, -0.15) is 0 Å². The second-order valence-corrected chi connectivity index (χ2v) is 5.45. The Morgan fingerprint density at radius 2 is 2.11 bits per heavy atom. The molecule has 0 aliphatic heterocycles. The fourth-order valence-electron chi connectivity index (χ4n) is 2.50. The summed E-state index contributed by atoms with van der Waals surface area (Å²) in [6, 6.07) is -0.266. The highest BCUT2D eigenvalue weighted by Gasteiger charge is 2.43. The zero-order valence-corrected chi connectivity index (χ0v) is 11.9. The van der Waals surface area contributed by atoms with Gasteiger partial charge in [-0.15, -0.1) is 0 Å². The van der Waals surface area contributed by atoms with E-state index in [2.05, 4.69) is 5.32 Å². The number of aliphatic carboxylic acids is 1. The van der Waals surface area contributed by atoms with Gasteiger partial charge in [-0.3, -0.25) is 9.59 Å². The van der Waals surface area contributed by atoms with Gasteiger partial charge in [0.1, 0.15) is 0 Å². The molecule has 0 radical (unpaired) electrons. The minimum absolute atomic E-state index is 0.115. The molecule has 1 saturated carbocycles. The largest absolute Gasteiger partial charge is 0.481 e. The molecule has 110 valence electrons. The highest BCUT2D eigenvalue weighted by Crippen LogP contribution is 2.36. The van der Waals surface area contributed by atoms with Gasteiger partial charge in [0.05, 0.1) is 12.0 Å². The summed E-state index contributed by atoms with van der Waals surface area (Å²) in [5.41, 5.74) is -0.835. The first-order chi connectivity index (χ1) is 9.00. The van der Waals surface area contributed by atoms with Crippen molar-refractivity contribution in [2.45, 2.75) is 58.4 Å². The molecule has 0 spiro atoms. The predicted octanol–water partition coefficient (Wildman–Crippen LogP) is 1.95. The van der Waals surface area contributed by atoms with Crippen molar-refractivity contribution < 1.29 is 19.4 Å². The Morgan fingerprint density at radius 3 is 2.74 bits per heavy atom. The van der Waals surface area contributed by atoms with Crippen molar-refractivity contribution in [3.05, 3.63) is 0 Å². The van der Waals surface area contributed by atoms with E-state index in [-0.39, 0.29) is 11.9 Å². The Hall–Kier alpha value is -1.10. The molecular formula is C14H25NO4. The van der Waals surface area contributed by atoms with Gasteiger partial charge in [0.25, 0.3) is 0 Å². The number of hydrogen-bond acceptors (Lipinski definition) is 3. The van der Waals surface area contributed by atoms with Crippen LogP contribution in [0, 0.1) is 5.41 Å². The molecule has 2 unspecified atom stereocenters. The zero-order chi connectivity index (χ0) is 14.3. The first kappa shape index (κ1) is 16.0. The normalized spacial score (nSPS) is 26.9. The average molecular weight is 271 g/mol. The average Bonchev–Trinajstić information content (AvgIpc) is 2.37. The van der Waals surface area contributed by atoms with Gasteiger partial charge >= 0.3 is 5.97 Å². The predicted molar refractivity (Wildman–Crippen MR) is 71.9 cm³/mol. The van der Waals surface area contributed by atoms with Crippen LogP contribution in [0.15, 0.2) is 0 Å². The third-order valence-corrected chi connectivity index (χ3v) is 3.85. The van der Waals surface area contributed by atoms with Crippen molar-refractivity contribution in [2.24, 2.45) is 5.41 Å². The van der Waals surface area contributed by atoms with Crippen LogP contribution in [0.3, 0.4) is 0 Å². The Bertz CT molecular complexity index is 319. The van der Waals surface area contributed by atoms with E-state index in [1.807, 2.05) is 6.92 Å². The SMILES string of the molecule is CCCOCCC(=O)NC1CCCCC1(C)C(=O)O. The number of carboxylic acid groups (broad SMARTS) is 1. The van der Waals surface area contributed by atoms with E-state index in [9.17, 15) is 14.7 Å². The molecule has 19 heavy (non-hydrogen) atoms. The highest BCUT2D eigenvalue weighted by molar-refractivity contribution is 5.80. The van der Waals surface area contributed by atoms with E-state index in [0.717, 1.165) is 25.7 Å². The Morgan fingerprint density at radius 1 is 1.37 bits per heavy atom. The van der Waals surface area contributed by atoms with E-state index in [1.54, 1.807) is 6.92 Å². The van der Waals surface area contributed by atoms with E-state index in [0.29, 0.717) is 26.1 Å². The molecule has 0 bridgehead atoms. The lowest BCUT2D eigenvalue weighted by molar-refractivity contribution is -0.152. The Labute approximate surface area is 114 Å². The molecular weight excluding hydrogens is 246 g/mol. The maximum absolute atomic E-state index is 11.8. The summed E-state index contributed by atoms with van der Waals surface area (Å²) in [6.07, 6.45) is 4.48. The summed E-state index contributed by atoms with van der Waals surface area (Å²) in [5, 5.41) is 12.2. The van der Waals surface area contributed by atoms with E-state index < -0.39 is 11.4 Å². The lowest BCUT2D eigenvalue weighted by Crippen LogP contribution is -2.52. The Balaban J connectivity index is 2.44. The van der Waals surface area contributed by atoms with Crippen LogP contribution in [0.1, 0.15) is 52.4 Å². The van der Waals surface area contributed by atoms with Crippen molar-refractivity contribution in [1.29, 1.82) is 0 Å². The van der Waals surface area contributed by atoms with Crippen LogP contribution in [0.2, 0.25) is 0 Å². The summed E-state index contributed by atoms with van der Waals surface area (Å²) < 4.78 is 5.26. The summed E-state index contributed by atoms with van der Waals surface area (Å²) in [4.78, 5) is 23.2. The van der Waals surface area contributed by atoms with Gasteiger partial charge in [-0.05, 0) is 26.2 Å². The summed E-state index contributed by atoms with van der Waals surface area (Å²) in [7, 11) is 0. The van der Waals surface area contributed by atoms with Crippen molar-refractivity contribution in [3.8, 4) is 0 Å². The van der Waals surface area contributed by atoms with Gasteiger partial charge in [0.15, 0.2) is 0 Å². The van der Waals surface area contributed by atoms with Gasteiger partial charge < -0.3 is 15.2 Å². The molecule has 1 amide bonds. The fourth-order valence-corrected chi connectivity index (χ4v) is 2.50. The maximum atomic E-state index is 11.8. The van der Waals surface area contributed by atoms with Gasteiger partial charge in [-0.1, -0.05) is 19.8 Å². The molecule has 1 aliphatic carbocycles. The second kappa shape index (κ2) is 7.48. The monoisotopic (exact) mass is 271 g/mol. The number of carboxylic acids is 1. The van der Waals surface area contributed by atoms with Crippen molar-refractivity contribution in [2.75, 3.05) is 13.2 Å². The number of hydrogen-bond donors (Lipinski definition) is 2. The van der Waals surface area contributed by atoms with Gasteiger partial charge in [0.2, 0.25) is 5.91 Å². The minimum atomic E-state index is -0.835. The lowest BCUT2D eigenvalue weighted by Gasteiger charge is -2.38. The van der Waals surface area contributed by atoms with Crippen LogP contribution < -0.4 is 5.32 Å². The van der Waals surface area contributed by atoms with Crippen molar-refractivity contribution >= 4 is 11.9 Å². The number of rotatable bonds is 7. The second-order valence-electron chi connectivity index (χ2n) is 5.45. The molecule has 1 rings (SSSR count). The maximum Gasteiger partial charge on any atom is 0.311 e. The topological polar surface area (TPSA) is 75.6 Å². The number of carbonyl (C=O) groups excluding carboxylic acids is 1. The molecule has 2 N–H and O–H groups in total. The van der Waals surface area contributed by atoms with Crippen molar-refractivity contribution in [1.82, 2.24) is 5.32 Å². The third kappa shape index (κ3) is 4.49. The van der Waals surface area contributed by atoms with Crippen LogP contribution in [0.25, 0.3) is 0 Å². The first-order valence-electron chi connectivity index (χ1n) is 7.11. The molecule has 0 aromatic heterocycles. The van der Waals surface area contributed by atoms with Gasteiger partial charge in [0, 0.05) is 19.1 Å². The summed E-state index contributed by atoms with van der Waals surface area (Å²) >= 11 is 0. The molecule has 5 heteroatoms. The van der Waals surface area contributed by atoms with Crippen molar-refractivity contribution in [3.63, 3.8) is 0 Å². The number of carbonyl (C=O) groups is 2. The quantitative estimate of drug-likeness (QED) is 0.694. The smallest absolute Gasteiger partial charge is 0.311 e. The number of amides is 1. The van der Waals surface area contributed by atoms with Crippen LogP contribution in [-0.2, 0) is 14.3 Å². The summed E-state index contributed by atoms with van der Waals surface area (Å²) in [6.45, 7) is 4.80. The van der Waals surface area contributed by atoms with Crippen LogP contribution in [0.5, 0.6) is 0 Å². The first-order valence-corrected chi connectivity index (χ1v) is 7.11. The molecule has 2 atom stereocenters. The van der Waals surface area contributed by atoms with Crippen LogP contribution >= 0.6 is 0 Å².